The zero-order valence-corrected chi connectivity index (χ0v) is 20.9. The van der Waals surface area contributed by atoms with Crippen molar-refractivity contribution >= 4 is 5.78 Å². The number of hydrogen-bond donors (Lipinski definition) is 1. The topological polar surface area (TPSA) is 111 Å². The standard InChI is InChI=1S/C28H28N2O6/c1-15(2)20-8-6-16(3)10-23(20)36-18(5)26(31)25-17(4)21(12-29)27(32)30(28(25)33)13-19-7-9-22-24(11-19)35-14-34-22/h6-11,15,18,33H,13-14H2,1-5H3. The molecule has 1 N–H and O–H groups in total. The number of ether oxygens (including phenoxy) is 3. The molecule has 0 saturated carbocycles. The van der Waals surface area contributed by atoms with E-state index >= 15 is 0 Å². The molecule has 1 aromatic heterocycles. The second-order valence-electron chi connectivity index (χ2n) is 9.21. The van der Waals surface area contributed by atoms with Crippen LogP contribution in [0.5, 0.6) is 23.1 Å². The number of Topliss-reactive ketones (excluding diaryl/α,β-unsaturated/α-hetero) is 1. The van der Waals surface area contributed by atoms with E-state index in [0.29, 0.717) is 22.8 Å². The van der Waals surface area contributed by atoms with Crippen LogP contribution in [-0.2, 0) is 6.54 Å². The Bertz CT molecular complexity index is 1450. The van der Waals surface area contributed by atoms with E-state index in [1.165, 1.54) is 6.92 Å². The Morgan fingerprint density at radius 3 is 2.56 bits per heavy atom. The van der Waals surface area contributed by atoms with Gasteiger partial charge < -0.3 is 19.3 Å². The molecule has 1 aliphatic rings. The summed E-state index contributed by atoms with van der Waals surface area (Å²) in [4.78, 5) is 26.6. The highest BCUT2D eigenvalue weighted by atomic mass is 16.7. The predicted molar refractivity (Wildman–Crippen MR) is 133 cm³/mol. The second kappa shape index (κ2) is 9.78. The number of carbonyl (C=O) groups excluding carboxylic acids is 1. The molecule has 0 spiro atoms. The van der Waals surface area contributed by atoms with Gasteiger partial charge in [0.15, 0.2) is 17.6 Å². The van der Waals surface area contributed by atoms with Crippen LogP contribution in [0.15, 0.2) is 41.2 Å². The summed E-state index contributed by atoms with van der Waals surface area (Å²) in [5, 5.41) is 20.8. The molecular weight excluding hydrogens is 460 g/mol. The smallest absolute Gasteiger partial charge is 0.271 e. The van der Waals surface area contributed by atoms with Crippen LogP contribution >= 0.6 is 0 Å². The summed E-state index contributed by atoms with van der Waals surface area (Å²) in [6, 6.07) is 12.8. The van der Waals surface area contributed by atoms with Crippen molar-refractivity contribution in [3.8, 4) is 29.2 Å². The maximum absolute atomic E-state index is 13.5. The number of nitrogens with zero attached hydrogens (tertiary/aromatic N) is 2. The van der Waals surface area contributed by atoms with Gasteiger partial charge in [0.1, 0.15) is 17.4 Å². The normalized spacial score (nSPS) is 12.9. The molecule has 0 radical (unpaired) electrons. The van der Waals surface area contributed by atoms with Crippen molar-refractivity contribution in [2.24, 2.45) is 0 Å². The Labute approximate surface area is 209 Å². The van der Waals surface area contributed by atoms with Gasteiger partial charge in [-0.05, 0) is 67.1 Å². The molecule has 1 aliphatic heterocycles. The summed E-state index contributed by atoms with van der Waals surface area (Å²) in [7, 11) is 0. The number of ketones is 1. The second-order valence-corrected chi connectivity index (χ2v) is 9.21. The van der Waals surface area contributed by atoms with Crippen molar-refractivity contribution in [2.75, 3.05) is 6.79 Å². The molecule has 0 amide bonds. The predicted octanol–water partition coefficient (Wildman–Crippen LogP) is 4.59. The van der Waals surface area contributed by atoms with Gasteiger partial charge in [-0.3, -0.25) is 14.2 Å². The first-order valence-electron chi connectivity index (χ1n) is 11.7. The Balaban J connectivity index is 1.73. The highest BCUT2D eigenvalue weighted by molar-refractivity contribution is 6.03. The van der Waals surface area contributed by atoms with Gasteiger partial charge >= 0.3 is 0 Å². The lowest BCUT2D eigenvalue weighted by molar-refractivity contribution is 0.0810. The van der Waals surface area contributed by atoms with Gasteiger partial charge in [0, 0.05) is 0 Å². The van der Waals surface area contributed by atoms with Crippen LogP contribution in [0.25, 0.3) is 0 Å². The molecule has 1 unspecified atom stereocenters. The van der Waals surface area contributed by atoms with Gasteiger partial charge in [0.25, 0.3) is 5.56 Å². The van der Waals surface area contributed by atoms with Crippen molar-refractivity contribution in [1.82, 2.24) is 4.57 Å². The number of benzene rings is 2. The first-order chi connectivity index (χ1) is 17.1. The Morgan fingerprint density at radius 2 is 1.86 bits per heavy atom. The van der Waals surface area contributed by atoms with Crippen LogP contribution in [0, 0.1) is 25.2 Å². The number of aromatic nitrogens is 1. The molecular formula is C28H28N2O6. The molecule has 3 aromatic rings. The zero-order valence-electron chi connectivity index (χ0n) is 20.9. The average Bonchev–Trinajstić information content (AvgIpc) is 3.30. The Morgan fingerprint density at radius 1 is 1.14 bits per heavy atom. The fraction of sp³-hybridized carbons (Fsp3) is 0.321. The van der Waals surface area contributed by atoms with E-state index < -0.39 is 23.3 Å². The molecule has 8 nitrogen and oxygen atoms in total. The molecule has 2 aromatic carbocycles. The molecule has 2 heterocycles. The summed E-state index contributed by atoms with van der Waals surface area (Å²) in [5.74, 6) is 0.810. The van der Waals surface area contributed by atoms with Gasteiger partial charge in [-0.15, -0.1) is 0 Å². The summed E-state index contributed by atoms with van der Waals surface area (Å²) in [5.41, 5.74) is 1.68. The van der Waals surface area contributed by atoms with Crippen LogP contribution in [0.3, 0.4) is 0 Å². The SMILES string of the molecule is Cc1ccc(C(C)C)c(OC(C)C(=O)c2c(C)c(C#N)c(=O)n(Cc3ccc4c(c3)OCO4)c2O)c1. The minimum atomic E-state index is -0.975. The molecule has 0 aliphatic carbocycles. The maximum Gasteiger partial charge on any atom is 0.271 e. The van der Waals surface area contributed by atoms with Gasteiger partial charge in [-0.25, -0.2) is 0 Å². The van der Waals surface area contributed by atoms with Crippen molar-refractivity contribution in [1.29, 1.82) is 5.26 Å². The lowest BCUT2D eigenvalue weighted by Gasteiger charge is -2.21. The largest absolute Gasteiger partial charge is 0.494 e. The Hall–Kier alpha value is -4.25. The number of aromatic hydroxyl groups is 1. The average molecular weight is 489 g/mol. The molecule has 4 rings (SSSR count). The quantitative estimate of drug-likeness (QED) is 0.484. The number of hydrogen-bond acceptors (Lipinski definition) is 7. The maximum atomic E-state index is 13.5. The molecule has 0 saturated heterocycles. The fourth-order valence-electron chi connectivity index (χ4n) is 4.28. The van der Waals surface area contributed by atoms with E-state index in [9.17, 15) is 20.0 Å². The summed E-state index contributed by atoms with van der Waals surface area (Å²) in [6.45, 7) is 9.11. The summed E-state index contributed by atoms with van der Waals surface area (Å²) >= 11 is 0. The molecule has 36 heavy (non-hydrogen) atoms. The van der Waals surface area contributed by atoms with Crippen molar-refractivity contribution < 1.29 is 24.1 Å². The van der Waals surface area contributed by atoms with Crippen molar-refractivity contribution in [3.63, 3.8) is 0 Å². The van der Waals surface area contributed by atoms with E-state index in [1.807, 2.05) is 45.0 Å². The first-order valence-corrected chi connectivity index (χ1v) is 11.7. The van der Waals surface area contributed by atoms with Crippen LogP contribution in [-0.4, -0.2) is 28.4 Å². The number of carbonyl (C=O) groups is 1. The minimum Gasteiger partial charge on any atom is -0.494 e. The number of aryl methyl sites for hydroxylation is 1. The summed E-state index contributed by atoms with van der Waals surface area (Å²) < 4.78 is 17.8. The molecule has 0 fully saturated rings. The number of rotatable bonds is 7. The highest BCUT2D eigenvalue weighted by Gasteiger charge is 2.29. The fourth-order valence-corrected chi connectivity index (χ4v) is 4.28. The van der Waals surface area contributed by atoms with E-state index in [-0.39, 0.29) is 35.9 Å². The monoisotopic (exact) mass is 488 g/mol. The molecule has 1 atom stereocenters. The number of pyridine rings is 1. The lowest BCUT2D eigenvalue weighted by atomic mass is 9.98. The van der Waals surface area contributed by atoms with Gasteiger partial charge in [0.2, 0.25) is 18.5 Å². The molecule has 0 bridgehead atoms. The third-order valence-electron chi connectivity index (χ3n) is 6.29. The number of fused-ring (bicyclic) bond motifs is 1. The van der Waals surface area contributed by atoms with Crippen molar-refractivity contribution in [3.05, 3.63) is 80.1 Å². The minimum absolute atomic E-state index is 0.0683. The van der Waals surface area contributed by atoms with E-state index in [1.54, 1.807) is 25.1 Å². The van der Waals surface area contributed by atoms with Crippen LogP contribution < -0.4 is 19.8 Å². The van der Waals surface area contributed by atoms with Gasteiger partial charge in [0.05, 0.1) is 12.1 Å². The van der Waals surface area contributed by atoms with E-state index in [0.717, 1.165) is 15.7 Å². The number of nitriles is 1. The summed E-state index contributed by atoms with van der Waals surface area (Å²) in [6.07, 6.45) is -0.975. The van der Waals surface area contributed by atoms with Gasteiger partial charge in [-0.2, -0.15) is 5.26 Å². The highest BCUT2D eigenvalue weighted by Crippen LogP contribution is 2.34. The van der Waals surface area contributed by atoms with Crippen molar-refractivity contribution in [2.45, 2.75) is 53.2 Å². The first kappa shape index (κ1) is 24.9. The van der Waals surface area contributed by atoms with Crippen LogP contribution in [0.1, 0.15) is 64.9 Å². The lowest BCUT2D eigenvalue weighted by Crippen LogP contribution is -2.31. The molecule has 8 heteroatoms. The molecule has 186 valence electrons. The van der Waals surface area contributed by atoms with E-state index in [4.69, 9.17) is 14.2 Å². The van der Waals surface area contributed by atoms with Gasteiger partial charge in [-0.1, -0.05) is 32.0 Å². The van der Waals surface area contributed by atoms with E-state index in [2.05, 4.69) is 0 Å². The third-order valence-corrected chi connectivity index (χ3v) is 6.29. The van der Waals surface area contributed by atoms with Crippen LogP contribution in [0.4, 0.5) is 0 Å². The third kappa shape index (κ3) is 4.52. The Kier molecular flexibility index (Phi) is 6.75. The van der Waals surface area contributed by atoms with Crippen LogP contribution in [0.2, 0.25) is 0 Å². The zero-order chi connectivity index (χ0) is 26.1.